The van der Waals surface area contributed by atoms with Crippen LogP contribution < -0.4 is 14.8 Å². The molecule has 3 aromatic rings. The molecule has 2 aliphatic rings. The highest BCUT2D eigenvalue weighted by Crippen LogP contribution is 2.41. The first kappa shape index (κ1) is 18.9. The van der Waals surface area contributed by atoms with Crippen molar-refractivity contribution in [1.29, 1.82) is 0 Å². The van der Waals surface area contributed by atoms with Gasteiger partial charge in [-0.25, -0.2) is 0 Å². The number of aromatic nitrogens is 4. The summed E-state index contributed by atoms with van der Waals surface area (Å²) in [6, 6.07) is 9.84. The van der Waals surface area contributed by atoms with E-state index in [1.54, 1.807) is 12.4 Å². The highest BCUT2D eigenvalue weighted by atomic mass is 32.2. The summed E-state index contributed by atoms with van der Waals surface area (Å²) in [6.07, 6.45) is 5.71. The predicted molar refractivity (Wildman–Crippen MR) is 111 cm³/mol. The second kappa shape index (κ2) is 7.98. The molecular weight excluding hydrogens is 402 g/mol. The van der Waals surface area contributed by atoms with Gasteiger partial charge in [0.25, 0.3) is 0 Å². The Morgan fingerprint density at radius 2 is 2.00 bits per heavy atom. The molecule has 3 heterocycles. The third-order valence-electron chi connectivity index (χ3n) is 5.12. The van der Waals surface area contributed by atoms with Gasteiger partial charge in [-0.15, -0.1) is 10.2 Å². The molecule has 2 aromatic heterocycles. The summed E-state index contributed by atoms with van der Waals surface area (Å²) in [5, 5.41) is 12.5. The second-order valence-corrected chi connectivity index (χ2v) is 8.28. The molecular formula is C21H21N5O3S. The fourth-order valence-corrected chi connectivity index (χ4v) is 4.23. The zero-order chi connectivity index (χ0) is 20.5. The van der Waals surface area contributed by atoms with Crippen molar-refractivity contribution in [2.45, 2.75) is 37.0 Å². The first-order valence-electron chi connectivity index (χ1n) is 9.86. The minimum absolute atomic E-state index is 0.0547. The van der Waals surface area contributed by atoms with Gasteiger partial charge in [0.15, 0.2) is 22.5 Å². The van der Waals surface area contributed by atoms with Crippen molar-refractivity contribution in [3.8, 4) is 22.9 Å². The molecule has 1 amide bonds. The Balaban J connectivity index is 1.24. The maximum absolute atomic E-state index is 12.6. The first-order chi connectivity index (χ1) is 14.7. The van der Waals surface area contributed by atoms with E-state index in [1.807, 2.05) is 37.3 Å². The van der Waals surface area contributed by atoms with E-state index in [0.29, 0.717) is 11.8 Å². The summed E-state index contributed by atoms with van der Waals surface area (Å²) in [5.74, 6) is 2.50. The molecule has 9 heteroatoms. The summed E-state index contributed by atoms with van der Waals surface area (Å²) in [5.41, 5.74) is 1.95. The van der Waals surface area contributed by atoms with Crippen molar-refractivity contribution in [2.75, 3.05) is 12.5 Å². The van der Waals surface area contributed by atoms with Crippen molar-refractivity contribution in [2.24, 2.45) is 0 Å². The van der Waals surface area contributed by atoms with Gasteiger partial charge in [0.1, 0.15) is 0 Å². The molecule has 1 saturated carbocycles. The molecule has 1 aromatic carbocycles. The van der Waals surface area contributed by atoms with Gasteiger partial charge in [-0.05, 0) is 49.6 Å². The number of fused-ring (bicyclic) bond motifs is 1. The summed E-state index contributed by atoms with van der Waals surface area (Å²) in [7, 11) is 0. The Hall–Kier alpha value is -3.07. The Kier molecular flexibility index (Phi) is 5.04. The lowest BCUT2D eigenvalue weighted by Crippen LogP contribution is -2.28. The van der Waals surface area contributed by atoms with Gasteiger partial charge < -0.3 is 14.8 Å². The molecule has 0 radical (unpaired) electrons. The number of carbonyl (C=O) groups is 1. The Bertz CT molecular complexity index is 1070. The number of pyridine rings is 1. The highest BCUT2D eigenvalue weighted by molar-refractivity contribution is 7.99. The van der Waals surface area contributed by atoms with E-state index in [-0.39, 0.29) is 24.5 Å². The maximum atomic E-state index is 12.6. The molecule has 154 valence electrons. The van der Waals surface area contributed by atoms with Crippen molar-refractivity contribution < 1.29 is 14.3 Å². The van der Waals surface area contributed by atoms with E-state index in [0.717, 1.165) is 40.7 Å². The van der Waals surface area contributed by atoms with E-state index >= 15 is 0 Å². The van der Waals surface area contributed by atoms with E-state index in [9.17, 15) is 4.79 Å². The molecule has 30 heavy (non-hydrogen) atoms. The third kappa shape index (κ3) is 3.85. The number of hydrogen-bond donors (Lipinski definition) is 1. The van der Waals surface area contributed by atoms with Crippen LogP contribution in [0.1, 0.15) is 37.4 Å². The van der Waals surface area contributed by atoms with Crippen LogP contribution in [0.15, 0.2) is 47.9 Å². The standard InChI is InChI=1S/C21H21N5O3S/c1-13(15-2-5-17-18(10-15)29-12-28-17)23-19(27)11-30-21-25-24-20(26(21)16-3-4-16)14-6-8-22-9-7-14/h2,5-10,13,16H,3-4,11-12H2,1H3,(H,23,27)/t13-/m1/s1. The zero-order valence-electron chi connectivity index (χ0n) is 16.4. The monoisotopic (exact) mass is 423 g/mol. The van der Waals surface area contributed by atoms with E-state index in [1.165, 1.54) is 11.8 Å². The lowest BCUT2D eigenvalue weighted by molar-refractivity contribution is -0.119. The molecule has 1 aliphatic carbocycles. The Morgan fingerprint density at radius 3 is 2.80 bits per heavy atom. The lowest BCUT2D eigenvalue weighted by atomic mass is 10.1. The molecule has 1 fully saturated rings. The molecule has 5 rings (SSSR count). The molecule has 1 N–H and O–H groups in total. The molecule has 0 bridgehead atoms. The zero-order valence-corrected chi connectivity index (χ0v) is 17.3. The van der Waals surface area contributed by atoms with Gasteiger partial charge in [-0.2, -0.15) is 0 Å². The molecule has 8 nitrogen and oxygen atoms in total. The van der Waals surface area contributed by atoms with Crippen molar-refractivity contribution in [3.63, 3.8) is 0 Å². The number of nitrogens with one attached hydrogen (secondary N) is 1. The number of hydrogen-bond acceptors (Lipinski definition) is 7. The van der Waals surface area contributed by atoms with Crippen LogP contribution >= 0.6 is 11.8 Å². The maximum Gasteiger partial charge on any atom is 0.231 e. The van der Waals surface area contributed by atoms with Crippen molar-refractivity contribution >= 4 is 17.7 Å². The Morgan fingerprint density at radius 1 is 1.20 bits per heavy atom. The van der Waals surface area contributed by atoms with Gasteiger partial charge in [0, 0.05) is 24.0 Å². The number of carbonyl (C=O) groups excluding carboxylic acids is 1. The summed E-state index contributed by atoms with van der Waals surface area (Å²) >= 11 is 1.41. The second-order valence-electron chi connectivity index (χ2n) is 7.33. The topological polar surface area (TPSA) is 91.2 Å². The van der Waals surface area contributed by atoms with Gasteiger partial charge in [0.2, 0.25) is 12.7 Å². The molecule has 0 spiro atoms. The van der Waals surface area contributed by atoms with Crippen molar-refractivity contribution in [3.05, 3.63) is 48.3 Å². The third-order valence-corrected chi connectivity index (χ3v) is 6.06. The SMILES string of the molecule is C[C@@H](NC(=O)CSc1nnc(-c2ccncc2)n1C1CC1)c1ccc2c(c1)OCO2. The average molecular weight is 423 g/mol. The number of rotatable bonds is 7. The normalized spacial score (nSPS) is 15.8. The van der Waals surface area contributed by atoms with Crippen LogP contribution in [0, 0.1) is 0 Å². The molecule has 1 atom stereocenters. The van der Waals surface area contributed by atoms with Crippen LogP contribution in [-0.2, 0) is 4.79 Å². The largest absolute Gasteiger partial charge is 0.454 e. The highest BCUT2D eigenvalue weighted by Gasteiger charge is 2.30. The molecule has 0 unspecified atom stereocenters. The summed E-state index contributed by atoms with van der Waals surface area (Å²) < 4.78 is 12.9. The van der Waals surface area contributed by atoms with Crippen LogP contribution in [0.3, 0.4) is 0 Å². The number of nitrogens with zero attached hydrogens (tertiary/aromatic N) is 4. The van der Waals surface area contributed by atoms with Crippen LogP contribution in [0.2, 0.25) is 0 Å². The fourth-order valence-electron chi connectivity index (χ4n) is 3.41. The lowest BCUT2D eigenvalue weighted by Gasteiger charge is -2.15. The van der Waals surface area contributed by atoms with Gasteiger partial charge >= 0.3 is 0 Å². The van der Waals surface area contributed by atoms with E-state index in [2.05, 4.69) is 25.1 Å². The quantitative estimate of drug-likeness (QED) is 0.583. The van der Waals surface area contributed by atoms with Gasteiger partial charge in [-0.1, -0.05) is 17.8 Å². The van der Waals surface area contributed by atoms with Crippen LogP contribution in [0.25, 0.3) is 11.4 Å². The molecule has 0 saturated heterocycles. The predicted octanol–water partition coefficient (Wildman–Crippen LogP) is 3.37. The number of thioether (sulfide) groups is 1. The minimum atomic E-state index is -0.138. The van der Waals surface area contributed by atoms with E-state index in [4.69, 9.17) is 9.47 Å². The fraction of sp³-hybridized carbons (Fsp3) is 0.333. The number of benzene rings is 1. The Labute approximate surface area is 178 Å². The van der Waals surface area contributed by atoms with Gasteiger partial charge in [-0.3, -0.25) is 14.3 Å². The van der Waals surface area contributed by atoms with E-state index < -0.39 is 0 Å². The minimum Gasteiger partial charge on any atom is -0.454 e. The van der Waals surface area contributed by atoms with Crippen LogP contribution in [0.4, 0.5) is 0 Å². The first-order valence-corrected chi connectivity index (χ1v) is 10.8. The summed E-state index contributed by atoms with van der Waals surface area (Å²) in [6.45, 7) is 2.19. The number of amides is 1. The smallest absolute Gasteiger partial charge is 0.231 e. The summed E-state index contributed by atoms with van der Waals surface area (Å²) in [4.78, 5) is 16.6. The van der Waals surface area contributed by atoms with Gasteiger partial charge in [0.05, 0.1) is 11.8 Å². The molecule has 1 aliphatic heterocycles. The number of ether oxygens (including phenoxy) is 2. The van der Waals surface area contributed by atoms with Crippen molar-refractivity contribution in [1.82, 2.24) is 25.1 Å². The van der Waals surface area contributed by atoms with Crippen LogP contribution in [-0.4, -0.2) is 38.2 Å². The van der Waals surface area contributed by atoms with Crippen LogP contribution in [0.5, 0.6) is 11.5 Å². The average Bonchev–Trinajstić information content (AvgIpc) is 3.34.